The summed E-state index contributed by atoms with van der Waals surface area (Å²) in [6.45, 7) is 2.70. The maximum atomic E-state index is 11.8. The molecule has 0 aliphatic heterocycles. The van der Waals surface area contributed by atoms with Crippen molar-refractivity contribution < 1.29 is 9.32 Å². The average Bonchev–Trinajstić information content (AvgIpc) is 2.99. The summed E-state index contributed by atoms with van der Waals surface area (Å²) in [5, 5.41) is 4.00. The second kappa shape index (κ2) is 7.77. The number of nitrogens with zero attached hydrogens (tertiary/aromatic N) is 3. The number of rotatable bonds is 6. The largest absolute Gasteiger partial charge is 0.339 e. The van der Waals surface area contributed by atoms with E-state index in [1.165, 1.54) is 0 Å². The standard InChI is InChI=1S/C17H22N4O2.ClH/c1-13(22)21(12-14-6-3-2-4-7-14)11-8-15-19-16(20-23-15)17(18)9-5-10-17;/h2-4,6-7H,5,8-12,18H2,1H3;1H. The van der Waals surface area contributed by atoms with Crippen LogP contribution in [-0.2, 0) is 23.3 Å². The van der Waals surface area contributed by atoms with Crippen LogP contribution in [0.4, 0.5) is 0 Å². The molecule has 24 heavy (non-hydrogen) atoms. The van der Waals surface area contributed by atoms with Gasteiger partial charge < -0.3 is 15.2 Å². The van der Waals surface area contributed by atoms with Crippen molar-refractivity contribution >= 4 is 18.3 Å². The molecule has 1 saturated carbocycles. The SMILES string of the molecule is CC(=O)N(CCc1nc(C2(N)CCC2)no1)Cc1ccccc1.Cl. The number of benzene rings is 1. The molecule has 2 aromatic rings. The Morgan fingerprint density at radius 3 is 2.62 bits per heavy atom. The molecule has 0 unspecified atom stereocenters. The van der Waals surface area contributed by atoms with Crippen LogP contribution in [0, 0.1) is 0 Å². The van der Waals surface area contributed by atoms with Crippen molar-refractivity contribution in [2.45, 2.75) is 44.7 Å². The van der Waals surface area contributed by atoms with E-state index in [9.17, 15) is 4.79 Å². The van der Waals surface area contributed by atoms with Crippen molar-refractivity contribution in [3.05, 3.63) is 47.6 Å². The van der Waals surface area contributed by atoms with Crippen molar-refractivity contribution in [1.29, 1.82) is 0 Å². The smallest absolute Gasteiger partial charge is 0.228 e. The van der Waals surface area contributed by atoms with Gasteiger partial charge >= 0.3 is 0 Å². The van der Waals surface area contributed by atoms with Gasteiger partial charge in [-0.2, -0.15) is 4.98 Å². The summed E-state index contributed by atoms with van der Waals surface area (Å²) in [6.07, 6.45) is 3.45. The fourth-order valence-electron chi connectivity index (χ4n) is 2.72. The van der Waals surface area contributed by atoms with Gasteiger partial charge in [0.1, 0.15) is 0 Å². The Kier molecular flexibility index (Phi) is 5.96. The minimum Gasteiger partial charge on any atom is -0.339 e. The third kappa shape index (κ3) is 4.13. The van der Waals surface area contributed by atoms with Crippen LogP contribution in [0.15, 0.2) is 34.9 Å². The van der Waals surface area contributed by atoms with E-state index in [0.717, 1.165) is 24.8 Å². The van der Waals surface area contributed by atoms with Gasteiger partial charge in [-0.15, -0.1) is 12.4 Å². The molecular formula is C17H23ClN4O2. The zero-order valence-corrected chi connectivity index (χ0v) is 14.6. The third-order valence-electron chi connectivity index (χ3n) is 4.42. The summed E-state index contributed by atoms with van der Waals surface area (Å²) in [7, 11) is 0. The lowest BCUT2D eigenvalue weighted by Gasteiger charge is -2.34. The number of amides is 1. The Morgan fingerprint density at radius 1 is 1.33 bits per heavy atom. The van der Waals surface area contributed by atoms with Gasteiger partial charge in [0.2, 0.25) is 11.8 Å². The Morgan fingerprint density at radius 2 is 2.04 bits per heavy atom. The van der Waals surface area contributed by atoms with E-state index in [-0.39, 0.29) is 18.3 Å². The molecule has 1 aromatic heterocycles. The van der Waals surface area contributed by atoms with E-state index < -0.39 is 5.54 Å². The molecular weight excluding hydrogens is 328 g/mol. The van der Waals surface area contributed by atoms with Crippen LogP contribution in [0.5, 0.6) is 0 Å². The molecule has 1 amide bonds. The van der Waals surface area contributed by atoms with E-state index in [0.29, 0.717) is 31.2 Å². The number of halogens is 1. The lowest BCUT2D eigenvalue weighted by Crippen LogP contribution is -2.44. The highest BCUT2D eigenvalue weighted by Crippen LogP contribution is 2.36. The molecule has 0 radical (unpaired) electrons. The summed E-state index contributed by atoms with van der Waals surface area (Å²) in [5.41, 5.74) is 6.88. The number of carbonyl (C=O) groups is 1. The number of hydrogen-bond donors (Lipinski definition) is 1. The predicted molar refractivity (Wildman–Crippen MR) is 92.5 cm³/mol. The minimum absolute atomic E-state index is 0. The van der Waals surface area contributed by atoms with Gasteiger partial charge in [0.25, 0.3) is 0 Å². The van der Waals surface area contributed by atoms with E-state index in [4.69, 9.17) is 10.3 Å². The zero-order chi connectivity index (χ0) is 16.3. The maximum Gasteiger partial charge on any atom is 0.228 e. The molecule has 0 atom stereocenters. The maximum absolute atomic E-state index is 11.8. The van der Waals surface area contributed by atoms with Gasteiger partial charge in [0.05, 0.1) is 5.54 Å². The Bertz CT molecular complexity index is 670. The molecule has 7 heteroatoms. The van der Waals surface area contributed by atoms with E-state index in [1.54, 1.807) is 11.8 Å². The molecule has 2 N–H and O–H groups in total. The number of nitrogens with two attached hydrogens (primary N) is 1. The number of hydrogen-bond acceptors (Lipinski definition) is 5. The normalized spacial score (nSPS) is 15.2. The van der Waals surface area contributed by atoms with Crippen LogP contribution >= 0.6 is 12.4 Å². The van der Waals surface area contributed by atoms with Gasteiger partial charge in [-0.1, -0.05) is 35.5 Å². The lowest BCUT2D eigenvalue weighted by atomic mass is 9.77. The van der Waals surface area contributed by atoms with Gasteiger partial charge in [-0.25, -0.2) is 0 Å². The Labute approximate surface area is 147 Å². The molecule has 0 spiro atoms. The van der Waals surface area contributed by atoms with Crippen molar-refractivity contribution in [2.75, 3.05) is 6.54 Å². The van der Waals surface area contributed by atoms with Gasteiger partial charge in [0, 0.05) is 26.4 Å². The van der Waals surface area contributed by atoms with Crippen LogP contribution in [-0.4, -0.2) is 27.5 Å². The average molecular weight is 351 g/mol. The molecule has 0 saturated heterocycles. The summed E-state index contributed by atoms with van der Waals surface area (Å²) >= 11 is 0. The molecule has 0 bridgehead atoms. The first-order valence-electron chi connectivity index (χ1n) is 7.98. The summed E-state index contributed by atoms with van der Waals surface area (Å²) in [6, 6.07) is 9.92. The molecule has 1 heterocycles. The van der Waals surface area contributed by atoms with Crippen molar-refractivity contribution in [3.8, 4) is 0 Å². The monoisotopic (exact) mass is 350 g/mol. The van der Waals surface area contributed by atoms with E-state index in [2.05, 4.69) is 10.1 Å². The molecule has 1 aliphatic rings. The fourth-order valence-corrected chi connectivity index (χ4v) is 2.72. The topological polar surface area (TPSA) is 85.2 Å². The van der Waals surface area contributed by atoms with Crippen LogP contribution in [0.1, 0.15) is 43.5 Å². The summed E-state index contributed by atoms with van der Waals surface area (Å²) in [4.78, 5) is 18.0. The quantitative estimate of drug-likeness (QED) is 0.864. The summed E-state index contributed by atoms with van der Waals surface area (Å²) in [5.74, 6) is 1.16. The second-order valence-corrected chi connectivity index (χ2v) is 6.20. The van der Waals surface area contributed by atoms with Crippen LogP contribution in [0.25, 0.3) is 0 Å². The predicted octanol–water partition coefficient (Wildman–Crippen LogP) is 2.42. The first kappa shape index (κ1) is 18.4. The summed E-state index contributed by atoms with van der Waals surface area (Å²) < 4.78 is 5.29. The highest BCUT2D eigenvalue weighted by Gasteiger charge is 2.38. The number of carbonyl (C=O) groups excluding carboxylic acids is 1. The minimum atomic E-state index is -0.411. The van der Waals surface area contributed by atoms with Gasteiger partial charge in [-0.05, 0) is 24.8 Å². The van der Waals surface area contributed by atoms with Crippen LogP contribution in [0.2, 0.25) is 0 Å². The third-order valence-corrected chi connectivity index (χ3v) is 4.42. The van der Waals surface area contributed by atoms with Crippen molar-refractivity contribution in [2.24, 2.45) is 5.73 Å². The molecule has 6 nitrogen and oxygen atoms in total. The number of aromatic nitrogens is 2. The first-order chi connectivity index (χ1) is 11.1. The fraction of sp³-hybridized carbons (Fsp3) is 0.471. The molecule has 3 rings (SSSR count). The second-order valence-electron chi connectivity index (χ2n) is 6.20. The van der Waals surface area contributed by atoms with Crippen LogP contribution < -0.4 is 5.73 Å². The Hall–Kier alpha value is -1.92. The zero-order valence-electron chi connectivity index (χ0n) is 13.8. The van der Waals surface area contributed by atoms with Crippen molar-refractivity contribution in [3.63, 3.8) is 0 Å². The van der Waals surface area contributed by atoms with E-state index in [1.807, 2.05) is 30.3 Å². The molecule has 1 aromatic carbocycles. The van der Waals surface area contributed by atoms with E-state index >= 15 is 0 Å². The molecule has 1 aliphatic carbocycles. The van der Waals surface area contributed by atoms with Crippen LogP contribution in [0.3, 0.4) is 0 Å². The molecule has 1 fully saturated rings. The molecule has 130 valence electrons. The highest BCUT2D eigenvalue weighted by molar-refractivity contribution is 5.85. The van der Waals surface area contributed by atoms with Gasteiger partial charge in [0.15, 0.2) is 5.82 Å². The van der Waals surface area contributed by atoms with Gasteiger partial charge in [-0.3, -0.25) is 4.79 Å². The lowest BCUT2D eigenvalue weighted by molar-refractivity contribution is -0.129. The highest BCUT2D eigenvalue weighted by atomic mass is 35.5. The van der Waals surface area contributed by atoms with Crippen molar-refractivity contribution in [1.82, 2.24) is 15.0 Å². The first-order valence-corrected chi connectivity index (χ1v) is 7.98. The Balaban J connectivity index is 0.00000208.